The zero-order valence-electron chi connectivity index (χ0n) is 10.8. The van der Waals surface area contributed by atoms with Crippen molar-refractivity contribution in [3.63, 3.8) is 0 Å². The number of hydrogen-bond donors (Lipinski definition) is 1. The van der Waals surface area contributed by atoms with Crippen molar-refractivity contribution in [3.8, 4) is 0 Å². The minimum absolute atomic E-state index is 0.116. The summed E-state index contributed by atoms with van der Waals surface area (Å²) in [6.45, 7) is 2.03. The summed E-state index contributed by atoms with van der Waals surface area (Å²) < 4.78 is 0. The Morgan fingerprint density at radius 2 is 1.79 bits per heavy atom. The monoisotopic (exact) mass is 252 g/mol. The van der Waals surface area contributed by atoms with Crippen molar-refractivity contribution in [1.82, 2.24) is 5.43 Å². The van der Waals surface area contributed by atoms with E-state index in [0.29, 0.717) is 6.42 Å². The van der Waals surface area contributed by atoms with Gasteiger partial charge >= 0.3 is 0 Å². The molecule has 0 aliphatic rings. The average molecular weight is 252 g/mol. The summed E-state index contributed by atoms with van der Waals surface area (Å²) in [5.41, 5.74) is 5.66. The number of carbonyl (C=O) groups excluding carboxylic acids is 1. The Hall–Kier alpha value is -2.42. The van der Waals surface area contributed by atoms with E-state index in [1.54, 1.807) is 6.21 Å². The third kappa shape index (κ3) is 4.39. The van der Waals surface area contributed by atoms with Gasteiger partial charge in [-0.15, -0.1) is 0 Å². The fourth-order valence-corrected chi connectivity index (χ4v) is 1.65. The van der Waals surface area contributed by atoms with Crippen LogP contribution in [0.4, 0.5) is 0 Å². The molecule has 1 amide bonds. The Kier molecular flexibility index (Phi) is 4.45. The summed E-state index contributed by atoms with van der Waals surface area (Å²) in [7, 11) is 0. The van der Waals surface area contributed by atoms with Crippen molar-refractivity contribution in [2.45, 2.75) is 13.3 Å². The van der Waals surface area contributed by atoms with Crippen LogP contribution in [0.15, 0.2) is 59.7 Å². The Labute approximate surface area is 113 Å². The molecule has 0 saturated heterocycles. The van der Waals surface area contributed by atoms with E-state index < -0.39 is 0 Å². The lowest BCUT2D eigenvalue weighted by molar-refractivity contribution is -0.120. The minimum atomic E-state index is -0.116. The minimum Gasteiger partial charge on any atom is -0.273 e. The number of rotatable bonds is 4. The maximum atomic E-state index is 11.6. The highest BCUT2D eigenvalue weighted by Crippen LogP contribution is 2.00. The molecule has 0 radical (unpaired) electrons. The first-order valence-electron chi connectivity index (χ1n) is 6.16. The van der Waals surface area contributed by atoms with Crippen molar-refractivity contribution in [3.05, 3.63) is 71.3 Å². The Balaban J connectivity index is 1.85. The van der Waals surface area contributed by atoms with Gasteiger partial charge in [0, 0.05) is 0 Å². The topological polar surface area (TPSA) is 41.5 Å². The molecule has 0 fully saturated rings. The van der Waals surface area contributed by atoms with Crippen LogP contribution >= 0.6 is 0 Å². The molecule has 2 aromatic carbocycles. The van der Waals surface area contributed by atoms with Crippen molar-refractivity contribution >= 4 is 12.1 Å². The number of hydrazone groups is 1. The van der Waals surface area contributed by atoms with Gasteiger partial charge in [-0.2, -0.15) is 5.10 Å². The molecule has 0 heterocycles. The van der Waals surface area contributed by atoms with Crippen LogP contribution in [0.25, 0.3) is 0 Å². The fourth-order valence-electron chi connectivity index (χ4n) is 1.65. The van der Waals surface area contributed by atoms with Crippen LogP contribution in [-0.4, -0.2) is 12.1 Å². The Morgan fingerprint density at radius 1 is 1.11 bits per heavy atom. The molecule has 1 N–H and O–H groups in total. The van der Waals surface area contributed by atoms with Crippen molar-refractivity contribution in [2.75, 3.05) is 0 Å². The number of amides is 1. The van der Waals surface area contributed by atoms with Crippen molar-refractivity contribution in [1.29, 1.82) is 0 Å². The van der Waals surface area contributed by atoms with E-state index in [-0.39, 0.29) is 5.91 Å². The normalized spacial score (nSPS) is 10.6. The molecular weight excluding hydrogens is 236 g/mol. The van der Waals surface area contributed by atoms with E-state index in [1.807, 2.05) is 61.5 Å². The molecule has 0 saturated carbocycles. The van der Waals surface area contributed by atoms with Gasteiger partial charge in [0.2, 0.25) is 5.91 Å². The van der Waals surface area contributed by atoms with E-state index in [4.69, 9.17) is 0 Å². The van der Waals surface area contributed by atoms with E-state index in [9.17, 15) is 4.79 Å². The lowest BCUT2D eigenvalue weighted by atomic mass is 10.1. The van der Waals surface area contributed by atoms with E-state index >= 15 is 0 Å². The van der Waals surface area contributed by atoms with Gasteiger partial charge in [0.25, 0.3) is 0 Å². The largest absolute Gasteiger partial charge is 0.273 e. The molecular formula is C16H16N2O. The van der Waals surface area contributed by atoms with Crippen LogP contribution in [0.5, 0.6) is 0 Å². The summed E-state index contributed by atoms with van der Waals surface area (Å²) in [6.07, 6.45) is 1.98. The predicted octanol–water partition coefficient (Wildman–Crippen LogP) is 2.69. The van der Waals surface area contributed by atoms with E-state index in [2.05, 4.69) is 10.5 Å². The summed E-state index contributed by atoms with van der Waals surface area (Å²) in [5, 5.41) is 3.94. The Bertz CT molecular complexity index is 559. The summed E-state index contributed by atoms with van der Waals surface area (Å²) >= 11 is 0. The molecule has 0 spiro atoms. The number of aryl methyl sites for hydroxylation is 1. The summed E-state index contributed by atoms with van der Waals surface area (Å²) in [4.78, 5) is 11.6. The van der Waals surface area contributed by atoms with Crippen molar-refractivity contribution in [2.24, 2.45) is 5.10 Å². The summed E-state index contributed by atoms with van der Waals surface area (Å²) in [6, 6.07) is 17.5. The first-order chi connectivity index (χ1) is 9.24. The average Bonchev–Trinajstić information content (AvgIpc) is 2.42. The quantitative estimate of drug-likeness (QED) is 0.659. The summed E-state index contributed by atoms with van der Waals surface area (Å²) in [5.74, 6) is -0.116. The highest BCUT2D eigenvalue weighted by atomic mass is 16.2. The zero-order valence-corrected chi connectivity index (χ0v) is 10.8. The molecule has 19 heavy (non-hydrogen) atoms. The molecule has 0 atom stereocenters. The van der Waals surface area contributed by atoms with Gasteiger partial charge < -0.3 is 0 Å². The second-order valence-corrected chi connectivity index (χ2v) is 4.37. The molecule has 0 unspecified atom stereocenters. The fraction of sp³-hybridized carbons (Fsp3) is 0.125. The highest BCUT2D eigenvalue weighted by molar-refractivity contribution is 5.83. The smallest absolute Gasteiger partial charge is 0.244 e. The molecule has 0 aromatic heterocycles. The molecule has 0 aliphatic heterocycles. The first-order valence-corrected chi connectivity index (χ1v) is 6.16. The van der Waals surface area contributed by atoms with Crippen LogP contribution < -0.4 is 5.43 Å². The van der Waals surface area contributed by atoms with E-state index in [1.165, 1.54) is 5.56 Å². The Morgan fingerprint density at radius 3 is 2.47 bits per heavy atom. The van der Waals surface area contributed by atoms with E-state index in [0.717, 1.165) is 11.1 Å². The zero-order chi connectivity index (χ0) is 13.5. The molecule has 2 rings (SSSR count). The van der Waals surface area contributed by atoms with Crippen molar-refractivity contribution < 1.29 is 4.79 Å². The molecule has 3 heteroatoms. The number of nitrogens with zero attached hydrogens (tertiary/aromatic N) is 1. The molecule has 3 nitrogen and oxygen atoms in total. The van der Waals surface area contributed by atoms with Crippen LogP contribution in [0.1, 0.15) is 16.7 Å². The maximum Gasteiger partial charge on any atom is 0.244 e. The van der Waals surface area contributed by atoms with Crippen LogP contribution in [-0.2, 0) is 11.2 Å². The van der Waals surface area contributed by atoms with Gasteiger partial charge in [-0.3, -0.25) is 4.79 Å². The lowest BCUT2D eigenvalue weighted by Gasteiger charge is -2.00. The van der Waals surface area contributed by atoms with Gasteiger partial charge in [-0.1, -0.05) is 60.2 Å². The second-order valence-electron chi connectivity index (χ2n) is 4.37. The van der Waals surface area contributed by atoms with Gasteiger partial charge in [-0.25, -0.2) is 5.43 Å². The van der Waals surface area contributed by atoms with Gasteiger partial charge in [0.1, 0.15) is 0 Å². The predicted molar refractivity (Wildman–Crippen MR) is 77.1 cm³/mol. The molecule has 96 valence electrons. The van der Waals surface area contributed by atoms with Crippen LogP contribution in [0, 0.1) is 6.92 Å². The van der Waals surface area contributed by atoms with Crippen LogP contribution in [0.2, 0.25) is 0 Å². The standard InChI is InChI=1S/C16H16N2O/c1-13-7-9-15(10-8-13)12-17-18-16(19)11-14-5-3-2-4-6-14/h2-10,12H,11H2,1H3,(H,18,19)/b17-12+. The van der Waals surface area contributed by atoms with Gasteiger partial charge in [0.15, 0.2) is 0 Å². The third-order valence-corrected chi connectivity index (χ3v) is 2.69. The maximum absolute atomic E-state index is 11.6. The molecule has 2 aromatic rings. The molecule has 0 aliphatic carbocycles. The number of carbonyl (C=O) groups is 1. The SMILES string of the molecule is Cc1ccc(/C=N/NC(=O)Cc2ccccc2)cc1. The number of benzene rings is 2. The lowest BCUT2D eigenvalue weighted by Crippen LogP contribution is -2.19. The number of nitrogens with one attached hydrogen (secondary N) is 1. The van der Waals surface area contributed by atoms with Gasteiger partial charge in [0.05, 0.1) is 12.6 Å². The number of hydrogen-bond acceptors (Lipinski definition) is 2. The van der Waals surface area contributed by atoms with Crippen LogP contribution in [0.3, 0.4) is 0 Å². The van der Waals surface area contributed by atoms with Gasteiger partial charge in [-0.05, 0) is 18.1 Å². The molecule has 0 bridgehead atoms. The highest BCUT2D eigenvalue weighted by Gasteiger charge is 2.00. The second kappa shape index (κ2) is 6.50. The first kappa shape index (κ1) is 13.0. The third-order valence-electron chi connectivity index (χ3n) is 2.69.